The summed E-state index contributed by atoms with van der Waals surface area (Å²) in [5.74, 6) is 0.834. The molecule has 2 N–H and O–H groups in total. The van der Waals surface area contributed by atoms with E-state index in [4.69, 9.17) is 10.5 Å². The first kappa shape index (κ1) is 11.0. The Kier molecular flexibility index (Phi) is 4.40. The van der Waals surface area contributed by atoms with Gasteiger partial charge in [0.2, 0.25) is 0 Å². The Hall–Kier alpha value is -1.09. The zero-order valence-electron chi connectivity index (χ0n) is 8.86. The molecule has 0 saturated carbocycles. The molecule has 1 rings (SSSR count). The van der Waals surface area contributed by atoms with Crippen LogP contribution >= 0.6 is 0 Å². The van der Waals surface area contributed by atoms with E-state index >= 15 is 0 Å². The molecule has 1 aromatic heterocycles. The topological polar surface area (TPSA) is 48.1 Å². The van der Waals surface area contributed by atoms with Gasteiger partial charge in [0.05, 0.1) is 12.8 Å². The zero-order chi connectivity index (χ0) is 10.4. The van der Waals surface area contributed by atoms with Crippen LogP contribution in [0.3, 0.4) is 0 Å². The molecule has 14 heavy (non-hydrogen) atoms. The predicted octanol–water partition coefficient (Wildman–Crippen LogP) is 1.76. The maximum Gasteiger partial charge on any atom is 0.137 e. The average Bonchev–Trinajstić information content (AvgIpc) is 2.16. The highest BCUT2D eigenvalue weighted by Crippen LogP contribution is 2.10. The number of hydrogen-bond acceptors (Lipinski definition) is 3. The van der Waals surface area contributed by atoms with Crippen LogP contribution in [0, 0.1) is 0 Å². The Morgan fingerprint density at radius 1 is 1.50 bits per heavy atom. The Bertz CT molecular complexity index is 256. The monoisotopic (exact) mass is 194 g/mol. The van der Waals surface area contributed by atoms with Crippen molar-refractivity contribution in [2.45, 2.75) is 32.7 Å². The van der Waals surface area contributed by atoms with Crippen LogP contribution in [-0.4, -0.2) is 17.6 Å². The molecule has 0 radical (unpaired) electrons. The first-order valence-corrected chi connectivity index (χ1v) is 5.05. The summed E-state index contributed by atoms with van der Waals surface area (Å²) >= 11 is 0. The van der Waals surface area contributed by atoms with E-state index in [0.29, 0.717) is 0 Å². The van der Waals surface area contributed by atoms with Crippen molar-refractivity contribution in [2.75, 3.05) is 6.61 Å². The standard InChI is InChI=1S/C11H18N2O/c1-3-6-14-11-5-4-10(13-8-11)7-9(2)12/h4-5,8-9H,3,6-7,12H2,1-2H3. The molecule has 1 heterocycles. The Balaban J connectivity index is 2.50. The fourth-order valence-electron chi connectivity index (χ4n) is 1.17. The fraction of sp³-hybridized carbons (Fsp3) is 0.545. The highest BCUT2D eigenvalue weighted by molar-refractivity contribution is 5.20. The molecule has 0 aromatic carbocycles. The van der Waals surface area contributed by atoms with Crippen molar-refractivity contribution in [2.24, 2.45) is 5.73 Å². The lowest BCUT2D eigenvalue weighted by Gasteiger charge is -2.06. The number of pyridine rings is 1. The second kappa shape index (κ2) is 5.60. The van der Waals surface area contributed by atoms with E-state index in [1.807, 2.05) is 19.1 Å². The van der Waals surface area contributed by atoms with Gasteiger partial charge in [-0.3, -0.25) is 4.98 Å². The quantitative estimate of drug-likeness (QED) is 0.777. The normalized spacial score (nSPS) is 12.5. The summed E-state index contributed by atoms with van der Waals surface area (Å²) in [6.07, 6.45) is 3.59. The molecule has 0 aliphatic rings. The van der Waals surface area contributed by atoms with Crippen LogP contribution in [0.1, 0.15) is 26.0 Å². The number of rotatable bonds is 5. The van der Waals surface area contributed by atoms with Crippen molar-refractivity contribution >= 4 is 0 Å². The third-order valence-corrected chi connectivity index (χ3v) is 1.80. The lowest BCUT2D eigenvalue weighted by Crippen LogP contribution is -2.18. The molecule has 0 amide bonds. The summed E-state index contributed by atoms with van der Waals surface area (Å²) < 4.78 is 5.42. The van der Waals surface area contributed by atoms with Gasteiger partial charge in [-0.05, 0) is 25.5 Å². The maximum absolute atomic E-state index is 5.67. The molecule has 1 atom stereocenters. The molecule has 3 nitrogen and oxygen atoms in total. The Morgan fingerprint density at radius 3 is 2.79 bits per heavy atom. The van der Waals surface area contributed by atoms with E-state index in [1.165, 1.54) is 0 Å². The van der Waals surface area contributed by atoms with Crippen molar-refractivity contribution in [1.82, 2.24) is 4.98 Å². The minimum absolute atomic E-state index is 0.157. The van der Waals surface area contributed by atoms with Crippen molar-refractivity contribution in [3.63, 3.8) is 0 Å². The van der Waals surface area contributed by atoms with Crippen molar-refractivity contribution in [3.05, 3.63) is 24.0 Å². The van der Waals surface area contributed by atoms with Crippen LogP contribution in [0.15, 0.2) is 18.3 Å². The number of nitrogens with zero attached hydrogens (tertiary/aromatic N) is 1. The van der Waals surface area contributed by atoms with E-state index in [1.54, 1.807) is 6.20 Å². The minimum Gasteiger partial charge on any atom is -0.492 e. The number of ether oxygens (including phenoxy) is 1. The molecule has 3 heteroatoms. The molecular weight excluding hydrogens is 176 g/mol. The maximum atomic E-state index is 5.67. The van der Waals surface area contributed by atoms with Gasteiger partial charge in [-0.25, -0.2) is 0 Å². The van der Waals surface area contributed by atoms with Gasteiger partial charge < -0.3 is 10.5 Å². The van der Waals surface area contributed by atoms with Crippen LogP contribution in [0.5, 0.6) is 5.75 Å². The molecule has 0 fully saturated rings. The largest absolute Gasteiger partial charge is 0.492 e. The molecule has 0 spiro atoms. The van der Waals surface area contributed by atoms with Gasteiger partial charge in [0.1, 0.15) is 5.75 Å². The molecular formula is C11H18N2O. The Labute approximate surface area is 85.3 Å². The highest BCUT2D eigenvalue weighted by Gasteiger charge is 1.99. The summed E-state index contributed by atoms with van der Waals surface area (Å²) in [4.78, 5) is 4.27. The zero-order valence-corrected chi connectivity index (χ0v) is 8.86. The number of aromatic nitrogens is 1. The van der Waals surface area contributed by atoms with E-state index in [2.05, 4.69) is 11.9 Å². The summed E-state index contributed by atoms with van der Waals surface area (Å²) in [6, 6.07) is 4.07. The van der Waals surface area contributed by atoms with Gasteiger partial charge in [0, 0.05) is 18.2 Å². The average molecular weight is 194 g/mol. The summed E-state index contributed by atoms with van der Waals surface area (Å²) in [7, 11) is 0. The molecule has 78 valence electrons. The van der Waals surface area contributed by atoms with E-state index in [0.717, 1.165) is 30.9 Å². The fourth-order valence-corrected chi connectivity index (χ4v) is 1.17. The minimum atomic E-state index is 0.157. The second-order valence-electron chi connectivity index (χ2n) is 3.52. The lowest BCUT2D eigenvalue weighted by molar-refractivity contribution is 0.316. The SMILES string of the molecule is CCCOc1ccc(CC(C)N)nc1. The molecule has 1 unspecified atom stereocenters. The van der Waals surface area contributed by atoms with E-state index in [-0.39, 0.29) is 6.04 Å². The van der Waals surface area contributed by atoms with Gasteiger partial charge in [-0.2, -0.15) is 0 Å². The van der Waals surface area contributed by atoms with Gasteiger partial charge in [-0.15, -0.1) is 0 Å². The highest BCUT2D eigenvalue weighted by atomic mass is 16.5. The van der Waals surface area contributed by atoms with E-state index < -0.39 is 0 Å². The first-order valence-electron chi connectivity index (χ1n) is 5.05. The van der Waals surface area contributed by atoms with Crippen LogP contribution in [0.2, 0.25) is 0 Å². The number of nitrogens with two attached hydrogens (primary N) is 1. The van der Waals surface area contributed by atoms with Gasteiger partial charge in [-0.1, -0.05) is 6.92 Å². The molecule has 0 aliphatic carbocycles. The summed E-state index contributed by atoms with van der Waals surface area (Å²) in [5.41, 5.74) is 6.69. The molecule has 0 bridgehead atoms. The van der Waals surface area contributed by atoms with E-state index in [9.17, 15) is 0 Å². The Morgan fingerprint density at radius 2 is 2.29 bits per heavy atom. The van der Waals surface area contributed by atoms with Gasteiger partial charge in [0.15, 0.2) is 0 Å². The number of hydrogen-bond donors (Lipinski definition) is 1. The van der Waals surface area contributed by atoms with Crippen LogP contribution in [0.4, 0.5) is 0 Å². The third-order valence-electron chi connectivity index (χ3n) is 1.80. The lowest BCUT2D eigenvalue weighted by atomic mass is 10.2. The molecule has 1 aromatic rings. The van der Waals surface area contributed by atoms with Crippen LogP contribution in [-0.2, 0) is 6.42 Å². The smallest absolute Gasteiger partial charge is 0.137 e. The summed E-state index contributed by atoms with van der Waals surface area (Å²) in [6.45, 7) is 4.80. The molecule has 0 aliphatic heterocycles. The van der Waals surface area contributed by atoms with Crippen molar-refractivity contribution < 1.29 is 4.74 Å². The third kappa shape index (κ3) is 3.75. The van der Waals surface area contributed by atoms with Gasteiger partial charge in [0.25, 0.3) is 0 Å². The second-order valence-corrected chi connectivity index (χ2v) is 3.52. The van der Waals surface area contributed by atoms with Crippen molar-refractivity contribution in [3.8, 4) is 5.75 Å². The van der Waals surface area contributed by atoms with Crippen LogP contribution in [0.25, 0.3) is 0 Å². The predicted molar refractivity (Wildman–Crippen MR) is 57.4 cm³/mol. The summed E-state index contributed by atoms with van der Waals surface area (Å²) in [5, 5.41) is 0. The van der Waals surface area contributed by atoms with Crippen LogP contribution < -0.4 is 10.5 Å². The molecule has 0 saturated heterocycles. The first-order chi connectivity index (χ1) is 6.72. The van der Waals surface area contributed by atoms with Gasteiger partial charge >= 0.3 is 0 Å². The van der Waals surface area contributed by atoms with Crippen molar-refractivity contribution in [1.29, 1.82) is 0 Å².